The smallest absolute Gasteiger partial charge is 0.0723 e. The quantitative estimate of drug-likeness (QED) is 0.509. The molecule has 0 aromatic heterocycles. The molecule has 0 saturated carbocycles. The van der Waals surface area contributed by atoms with Gasteiger partial charge in [-0.05, 0) is 60.9 Å². The zero-order chi connectivity index (χ0) is 14.7. The summed E-state index contributed by atoms with van der Waals surface area (Å²) in [4.78, 5) is 1.26. The summed E-state index contributed by atoms with van der Waals surface area (Å²) in [5, 5.41) is 0. The zero-order valence-electron chi connectivity index (χ0n) is 12.5. The number of hydrogen-bond donors (Lipinski definition) is 2. The van der Waals surface area contributed by atoms with Crippen molar-refractivity contribution in [2.45, 2.75) is 31.7 Å². The molecule has 0 aliphatic rings. The van der Waals surface area contributed by atoms with Crippen molar-refractivity contribution >= 4 is 11.8 Å². The first-order chi connectivity index (χ1) is 9.58. The average molecular weight is 286 g/mol. The summed E-state index contributed by atoms with van der Waals surface area (Å²) in [7, 11) is 0. The van der Waals surface area contributed by atoms with Gasteiger partial charge >= 0.3 is 0 Å². The molecule has 2 nitrogen and oxygen atoms in total. The minimum absolute atomic E-state index is 0.0259. The summed E-state index contributed by atoms with van der Waals surface area (Å²) in [6.45, 7) is 6.44. The number of rotatable bonds is 4. The van der Waals surface area contributed by atoms with Crippen molar-refractivity contribution in [3.63, 3.8) is 0 Å². The van der Waals surface area contributed by atoms with Crippen molar-refractivity contribution in [2.75, 3.05) is 6.26 Å². The first kappa shape index (κ1) is 15.1. The van der Waals surface area contributed by atoms with Crippen LogP contribution in [-0.4, -0.2) is 6.26 Å². The normalized spacial score (nSPS) is 12.4. The molecule has 1 unspecified atom stereocenters. The highest BCUT2D eigenvalue weighted by atomic mass is 32.2. The number of thioether (sulfide) groups is 1. The van der Waals surface area contributed by atoms with Crippen molar-refractivity contribution in [3.05, 3.63) is 64.2 Å². The molecule has 0 amide bonds. The van der Waals surface area contributed by atoms with Gasteiger partial charge in [0.05, 0.1) is 6.04 Å². The van der Waals surface area contributed by atoms with Gasteiger partial charge in [0, 0.05) is 4.90 Å². The lowest BCUT2D eigenvalue weighted by atomic mass is 9.92. The van der Waals surface area contributed by atoms with Crippen molar-refractivity contribution in [1.29, 1.82) is 0 Å². The Kier molecular flexibility index (Phi) is 4.86. The highest BCUT2D eigenvalue weighted by Gasteiger charge is 2.18. The van der Waals surface area contributed by atoms with E-state index in [2.05, 4.69) is 68.9 Å². The number of nitrogens with one attached hydrogen (secondary N) is 1. The molecular weight excluding hydrogens is 264 g/mol. The van der Waals surface area contributed by atoms with Crippen molar-refractivity contribution in [3.8, 4) is 0 Å². The Bertz CT molecular complexity index is 608. The third kappa shape index (κ3) is 2.90. The molecule has 0 heterocycles. The van der Waals surface area contributed by atoms with Crippen molar-refractivity contribution < 1.29 is 0 Å². The molecule has 0 fully saturated rings. The van der Waals surface area contributed by atoms with Crippen LogP contribution in [0.4, 0.5) is 0 Å². The Balaban J connectivity index is 2.55. The number of nitrogens with two attached hydrogens (primary N) is 1. The van der Waals surface area contributed by atoms with E-state index in [4.69, 9.17) is 5.84 Å². The van der Waals surface area contributed by atoms with E-state index in [9.17, 15) is 0 Å². The Morgan fingerprint density at radius 3 is 2.25 bits per heavy atom. The summed E-state index contributed by atoms with van der Waals surface area (Å²) in [6.07, 6.45) is 2.10. The van der Waals surface area contributed by atoms with Crippen LogP contribution in [0.2, 0.25) is 0 Å². The van der Waals surface area contributed by atoms with Gasteiger partial charge in [-0.25, -0.2) is 5.43 Å². The molecule has 0 aliphatic carbocycles. The minimum Gasteiger partial charge on any atom is -0.271 e. The summed E-state index contributed by atoms with van der Waals surface area (Å²) in [5.74, 6) is 5.86. The maximum atomic E-state index is 5.86. The Morgan fingerprint density at radius 2 is 1.60 bits per heavy atom. The highest BCUT2D eigenvalue weighted by Crippen LogP contribution is 2.32. The Labute approximate surface area is 125 Å². The monoisotopic (exact) mass is 286 g/mol. The molecular formula is C17H22N2S. The molecule has 1 atom stereocenters. The van der Waals surface area contributed by atoms with Gasteiger partial charge in [0.1, 0.15) is 0 Å². The lowest BCUT2D eigenvalue weighted by Crippen LogP contribution is -2.30. The number of hydrogen-bond acceptors (Lipinski definition) is 3. The summed E-state index contributed by atoms with van der Waals surface area (Å²) in [6, 6.07) is 12.9. The van der Waals surface area contributed by atoms with E-state index in [0.29, 0.717) is 0 Å². The molecule has 3 heteroatoms. The minimum atomic E-state index is 0.0259. The second kappa shape index (κ2) is 6.44. The van der Waals surface area contributed by atoms with E-state index in [1.807, 2.05) is 0 Å². The lowest BCUT2D eigenvalue weighted by Gasteiger charge is -2.22. The van der Waals surface area contributed by atoms with Crippen LogP contribution in [-0.2, 0) is 0 Å². The van der Waals surface area contributed by atoms with Gasteiger partial charge in [-0.3, -0.25) is 5.84 Å². The van der Waals surface area contributed by atoms with Crippen LogP contribution >= 0.6 is 11.8 Å². The molecule has 106 valence electrons. The fourth-order valence-corrected chi connectivity index (χ4v) is 3.18. The Hall–Kier alpha value is -1.29. The Morgan fingerprint density at radius 1 is 0.950 bits per heavy atom. The number of benzene rings is 2. The zero-order valence-corrected chi connectivity index (χ0v) is 13.3. The average Bonchev–Trinajstić information content (AvgIpc) is 2.45. The highest BCUT2D eigenvalue weighted by molar-refractivity contribution is 7.98. The molecule has 0 saturated heterocycles. The number of hydrazine groups is 1. The second-order valence-electron chi connectivity index (χ2n) is 5.13. The third-order valence-corrected chi connectivity index (χ3v) is 4.62. The van der Waals surface area contributed by atoms with Gasteiger partial charge in [-0.1, -0.05) is 30.3 Å². The predicted molar refractivity (Wildman–Crippen MR) is 88.0 cm³/mol. The molecule has 0 aliphatic heterocycles. The topological polar surface area (TPSA) is 38.0 Å². The fraction of sp³-hybridized carbons (Fsp3) is 0.294. The van der Waals surface area contributed by atoms with Crippen LogP contribution in [0.15, 0.2) is 41.3 Å². The first-order valence-corrected chi connectivity index (χ1v) is 7.97. The SMILES string of the molecule is CSc1ccccc1C(NN)c1cc(C)c(C)cc1C. The van der Waals surface area contributed by atoms with Crippen LogP contribution in [0.25, 0.3) is 0 Å². The molecule has 0 spiro atoms. The fourth-order valence-electron chi connectivity index (χ4n) is 2.55. The molecule has 2 aromatic rings. The predicted octanol–water partition coefficient (Wildman–Crippen LogP) is 3.89. The maximum Gasteiger partial charge on any atom is 0.0723 e. The third-order valence-electron chi connectivity index (χ3n) is 3.81. The van der Waals surface area contributed by atoms with Crippen LogP contribution in [0.1, 0.15) is 33.9 Å². The molecule has 0 radical (unpaired) electrons. The van der Waals surface area contributed by atoms with E-state index in [-0.39, 0.29) is 6.04 Å². The van der Waals surface area contributed by atoms with Crippen molar-refractivity contribution in [1.82, 2.24) is 5.43 Å². The van der Waals surface area contributed by atoms with Crippen LogP contribution in [0.5, 0.6) is 0 Å². The van der Waals surface area contributed by atoms with E-state index < -0.39 is 0 Å². The van der Waals surface area contributed by atoms with Gasteiger partial charge < -0.3 is 0 Å². The molecule has 3 N–H and O–H groups in total. The van der Waals surface area contributed by atoms with E-state index >= 15 is 0 Å². The molecule has 0 bridgehead atoms. The molecule has 20 heavy (non-hydrogen) atoms. The van der Waals surface area contributed by atoms with Crippen molar-refractivity contribution in [2.24, 2.45) is 5.84 Å². The summed E-state index contributed by atoms with van der Waals surface area (Å²) in [5.41, 5.74) is 9.35. The summed E-state index contributed by atoms with van der Waals surface area (Å²) >= 11 is 1.75. The standard InChI is InChI=1S/C17H22N2S/c1-11-9-13(3)15(10-12(11)2)17(19-18)14-7-5-6-8-16(14)20-4/h5-10,17,19H,18H2,1-4H3. The maximum absolute atomic E-state index is 5.86. The molecule has 2 aromatic carbocycles. The van der Waals surface area contributed by atoms with Gasteiger partial charge in [-0.15, -0.1) is 11.8 Å². The number of aryl methyl sites for hydroxylation is 3. The first-order valence-electron chi connectivity index (χ1n) is 6.75. The summed E-state index contributed by atoms with van der Waals surface area (Å²) < 4.78 is 0. The second-order valence-corrected chi connectivity index (χ2v) is 5.98. The van der Waals surface area contributed by atoms with Gasteiger partial charge in [0.2, 0.25) is 0 Å². The van der Waals surface area contributed by atoms with Crippen LogP contribution < -0.4 is 11.3 Å². The lowest BCUT2D eigenvalue weighted by molar-refractivity contribution is 0.624. The van der Waals surface area contributed by atoms with Crippen LogP contribution in [0, 0.1) is 20.8 Å². The largest absolute Gasteiger partial charge is 0.271 e. The van der Waals surface area contributed by atoms with Gasteiger partial charge in [0.15, 0.2) is 0 Å². The van der Waals surface area contributed by atoms with E-state index in [1.54, 1.807) is 11.8 Å². The van der Waals surface area contributed by atoms with Gasteiger partial charge in [0.25, 0.3) is 0 Å². The van der Waals surface area contributed by atoms with Gasteiger partial charge in [-0.2, -0.15) is 0 Å². The van der Waals surface area contributed by atoms with E-state index in [1.165, 1.54) is 32.7 Å². The van der Waals surface area contributed by atoms with E-state index in [0.717, 1.165) is 0 Å². The van der Waals surface area contributed by atoms with Crippen LogP contribution in [0.3, 0.4) is 0 Å². The molecule has 2 rings (SSSR count).